The largest absolute Gasteiger partial charge is 0.481 e. The third-order valence-corrected chi connectivity index (χ3v) is 3.82. The number of anilines is 1. The van der Waals surface area contributed by atoms with Crippen molar-refractivity contribution < 1.29 is 13.9 Å². The maximum absolute atomic E-state index is 12.3. The van der Waals surface area contributed by atoms with Crippen molar-refractivity contribution in [2.45, 2.75) is 25.8 Å². The molecule has 0 unspecified atom stereocenters. The first-order valence-corrected chi connectivity index (χ1v) is 7.49. The average molecular weight is 317 g/mol. The summed E-state index contributed by atoms with van der Waals surface area (Å²) in [5.41, 5.74) is 0.370. The quantitative estimate of drug-likeness (QED) is 0.913. The van der Waals surface area contributed by atoms with Crippen LogP contribution in [0.3, 0.4) is 0 Å². The highest BCUT2D eigenvalue weighted by atomic mass is 16.5. The molecule has 3 rings (SSSR count). The number of hydrogen-bond acceptors (Lipinski definition) is 7. The first-order valence-electron chi connectivity index (χ1n) is 7.49. The zero-order chi connectivity index (χ0) is 16.2. The number of nitrogens with one attached hydrogen (secondary N) is 1. The molecule has 122 valence electrons. The molecule has 0 saturated carbocycles. The predicted molar refractivity (Wildman–Crippen MR) is 82.4 cm³/mol. The van der Waals surface area contributed by atoms with Crippen molar-refractivity contribution in [3.05, 3.63) is 30.2 Å². The van der Waals surface area contributed by atoms with E-state index in [4.69, 9.17) is 9.15 Å². The minimum Gasteiger partial charge on any atom is -0.481 e. The van der Waals surface area contributed by atoms with Gasteiger partial charge in [-0.15, -0.1) is 0 Å². The summed E-state index contributed by atoms with van der Waals surface area (Å²) in [6.07, 6.45) is 4.56. The Morgan fingerprint density at radius 1 is 1.39 bits per heavy atom. The molecule has 2 aromatic rings. The van der Waals surface area contributed by atoms with Crippen LogP contribution in [-0.4, -0.2) is 52.0 Å². The first kappa shape index (κ1) is 15.3. The number of oxazole rings is 1. The van der Waals surface area contributed by atoms with Gasteiger partial charge >= 0.3 is 0 Å². The fraction of sp³-hybridized carbons (Fsp3) is 0.467. The van der Waals surface area contributed by atoms with Crippen LogP contribution in [-0.2, 0) is 0 Å². The molecule has 0 bridgehead atoms. The number of rotatable bonds is 4. The Balaban J connectivity index is 1.55. The molecular weight excluding hydrogens is 298 g/mol. The lowest BCUT2D eigenvalue weighted by Gasteiger charge is -2.32. The van der Waals surface area contributed by atoms with Crippen molar-refractivity contribution in [2.24, 2.45) is 0 Å². The number of hydrogen-bond donors (Lipinski definition) is 1. The van der Waals surface area contributed by atoms with Crippen LogP contribution >= 0.6 is 0 Å². The van der Waals surface area contributed by atoms with Crippen molar-refractivity contribution in [3.8, 4) is 5.88 Å². The molecule has 8 heteroatoms. The van der Waals surface area contributed by atoms with Gasteiger partial charge in [-0.05, 0) is 12.8 Å². The molecule has 2 aromatic heterocycles. The van der Waals surface area contributed by atoms with Crippen molar-refractivity contribution >= 4 is 11.7 Å². The molecule has 3 heterocycles. The molecule has 1 aliphatic heterocycles. The number of aryl methyl sites for hydroxylation is 1. The van der Waals surface area contributed by atoms with Crippen LogP contribution in [0.1, 0.15) is 29.2 Å². The molecule has 0 atom stereocenters. The van der Waals surface area contributed by atoms with Gasteiger partial charge in [0.2, 0.25) is 5.88 Å². The number of piperidine rings is 1. The van der Waals surface area contributed by atoms with Gasteiger partial charge in [-0.1, -0.05) is 0 Å². The fourth-order valence-corrected chi connectivity index (χ4v) is 2.59. The van der Waals surface area contributed by atoms with Crippen LogP contribution < -0.4 is 10.1 Å². The Bertz CT molecular complexity index is 679. The Hall–Kier alpha value is -2.64. The van der Waals surface area contributed by atoms with Crippen LogP contribution in [0.2, 0.25) is 0 Å². The molecule has 0 aliphatic carbocycles. The summed E-state index contributed by atoms with van der Waals surface area (Å²) in [4.78, 5) is 26.4. The molecule has 8 nitrogen and oxygen atoms in total. The standard InChI is InChI=1S/C15H19N5O3/c1-10-18-12(8-23-10)15(21)20-5-3-11(4-6-20)19-13-7-14(22-2)17-9-16-13/h7-9,11H,3-6H2,1-2H3,(H,16,17,19). The lowest BCUT2D eigenvalue weighted by Crippen LogP contribution is -2.42. The molecule has 0 radical (unpaired) electrons. The number of carbonyl (C=O) groups excluding carboxylic acids is 1. The smallest absolute Gasteiger partial charge is 0.275 e. The van der Waals surface area contributed by atoms with E-state index in [1.54, 1.807) is 25.0 Å². The number of methoxy groups -OCH3 is 1. The number of ether oxygens (including phenoxy) is 1. The zero-order valence-electron chi connectivity index (χ0n) is 13.2. The Morgan fingerprint density at radius 3 is 2.83 bits per heavy atom. The SMILES string of the molecule is COc1cc(NC2CCN(C(=O)c3coc(C)n3)CC2)ncn1. The van der Waals surface area contributed by atoms with Gasteiger partial charge in [0.05, 0.1) is 7.11 Å². The summed E-state index contributed by atoms with van der Waals surface area (Å²) in [5, 5.41) is 3.36. The maximum Gasteiger partial charge on any atom is 0.275 e. The van der Waals surface area contributed by atoms with E-state index in [1.165, 1.54) is 12.6 Å². The second-order valence-corrected chi connectivity index (χ2v) is 5.41. The predicted octanol–water partition coefficient (Wildman–Crippen LogP) is 1.50. The van der Waals surface area contributed by atoms with Gasteiger partial charge in [-0.3, -0.25) is 4.79 Å². The summed E-state index contributed by atoms with van der Waals surface area (Å²) in [7, 11) is 1.57. The molecule has 1 aliphatic rings. The Labute approximate surface area is 133 Å². The van der Waals surface area contributed by atoms with E-state index in [0.717, 1.165) is 18.7 Å². The first-order chi connectivity index (χ1) is 11.2. The molecular formula is C15H19N5O3. The van der Waals surface area contributed by atoms with Gasteiger partial charge in [0.15, 0.2) is 11.6 Å². The van der Waals surface area contributed by atoms with E-state index in [9.17, 15) is 4.79 Å². The van der Waals surface area contributed by atoms with Gasteiger partial charge in [0.1, 0.15) is 18.4 Å². The Kier molecular flexibility index (Phi) is 4.40. The summed E-state index contributed by atoms with van der Waals surface area (Å²) in [6.45, 7) is 3.07. The highest BCUT2D eigenvalue weighted by molar-refractivity contribution is 5.92. The van der Waals surface area contributed by atoms with E-state index < -0.39 is 0 Å². The van der Waals surface area contributed by atoms with E-state index >= 15 is 0 Å². The van der Waals surface area contributed by atoms with Gasteiger partial charge < -0.3 is 19.4 Å². The number of aromatic nitrogens is 3. The molecule has 0 spiro atoms. The molecule has 1 saturated heterocycles. The van der Waals surface area contributed by atoms with Crippen molar-refractivity contribution in [1.82, 2.24) is 19.9 Å². The lowest BCUT2D eigenvalue weighted by molar-refractivity contribution is 0.0712. The second-order valence-electron chi connectivity index (χ2n) is 5.41. The monoisotopic (exact) mass is 317 g/mol. The molecule has 23 heavy (non-hydrogen) atoms. The van der Waals surface area contributed by atoms with Gasteiger partial charge in [-0.2, -0.15) is 0 Å². The fourth-order valence-electron chi connectivity index (χ4n) is 2.59. The van der Waals surface area contributed by atoms with Crippen LogP contribution in [0.15, 0.2) is 23.1 Å². The van der Waals surface area contributed by atoms with Crippen molar-refractivity contribution in [3.63, 3.8) is 0 Å². The highest BCUT2D eigenvalue weighted by Crippen LogP contribution is 2.18. The normalized spacial score (nSPS) is 15.5. The van der Waals surface area contributed by atoms with Crippen LogP contribution in [0.25, 0.3) is 0 Å². The number of likely N-dealkylation sites (tertiary alicyclic amines) is 1. The third kappa shape index (κ3) is 3.58. The van der Waals surface area contributed by atoms with Crippen LogP contribution in [0, 0.1) is 6.92 Å². The van der Waals surface area contributed by atoms with Gasteiger partial charge in [0.25, 0.3) is 5.91 Å². The van der Waals surface area contributed by atoms with E-state index in [0.29, 0.717) is 30.6 Å². The number of carbonyl (C=O) groups is 1. The number of amides is 1. The van der Waals surface area contributed by atoms with E-state index in [-0.39, 0.29) is 11.9 Å². The topological polar surface area (TPSA) is 93.4 Å². The molecule has 1 fully saturated rings. The van der Waals surface area contributed by atoms with Gasteiger partial charge in [0, 0.05) is 32.1 Å². The Morgan fingerprint density at radius 2 is 2.17 bits per heavy atom. The van der Waals surface area contributed by atoms with E-state index in [1.807, 2.05) is 0 Å². The molecule has 1 N–H and O–H groups in total. The summed E-state index contributed by atoms with van der Waals surface area (Å²) in [5.74, 6) is 1.68. The lowest BCUT2D eigenvalue weighted by atomic mass is 10.0. The van der Waals surface area contributed by atoms with Crippen LogP contribution in [0.5, 0.6) is 5.88 Å². The van der Waals surface area contributed by atoms with E-state index in [2.05, 4.69) is 20.3 Å². The minimum atomic E-state index is -0.0796. The summed E-state index contributed by atoms with van der Waals surface area (Å²) >= 11 is 0. The zero-order valence-corrected chi connectivity index (χ0v) is 13.2. The highest BCUT2D eigenvalue weighted by Gasteiger charge is 2.25. The summed E-state index contributed by atoms with van der Waals surface area (Å²) in [6, 6.07) is 2.02. The van der Waals surface area contributed by atoms with Crippen molar-refractivity contribution in [1.29, 1.82) is 0 Å². The average Bonchev–Trinajstić information content (AvgIpc) is 3.01. The second kappa shape index (κ2) is 6.64. The van der Waals surface area contributed by atoms with Gasteiger partial charge in [-0.25, -0.2) is 15.0 Å². The van der Waals surface area contributed by atoms with Crippen LogP contribution in [0.4, 0.5) is 5.82 Å². The number of nitrogens with zero attached hydrogens (tertiary/aromatic N) is 4. The molecule has 1 amide bonds. The minimum absolute atomic E-state index is 0.0796. The third-order valence-electron chi connectivity index (χ3n) is 3.82. The maximum atomic E-state index is 12.3. The van der Waals surface area contributed by atoms with Crippen molar-refractivity contribution in [2.75, 3.05) is 25.5 Å². The molecule has 0 aromatic carbocycles. The summed E-state index contributed by atoms with van der Waals surface area (Å²) < 4.78 is 10.2.